The van der Waals surface area contributed by atoms with Crippen molar-refractivity contribution in [2.75, 3.05) is 4.72 Å². The van der Waals surface area contributed by atoms with Gasteiger partial charge in [-0.1, -0.05) is 6.07 Å². The van der Waals surface area contributed by atoms with Crippen LogP contribution in [0, 0.1) is 13.8 Å². The third-order valence-corrected chi connectivity index (χ3v) is 4.38. The lowest BCUT2D eigenvalue weighted by molar-refractivity contribution is 0.601. The average Bonchev–Trinajstić information content (AvgIpc) is 2.38. The standard InChI is InChI=1S/C14H17N3O2S/c1-10-3-4-14(8-12(10)9-15)20(18,19)17-13-5-6-16-11(2)7-13/h3-8H,9,15H2,1-2H3,(H,16,17). The number of nitrogens with one attached hydrogen (secondary N) is 1. The molecule has 1 heterocycles. The van der Waals surface area contributed by atoms with Crippen LogP contribution in [0.4, 0.5) is 5.69 Å². The molecule has 0 fully saturated rings. The number of sulfonamides is 1. The molecular formula is C14H17N3O2S. The Morgan fingerprint density at radius 2 is 1.95 bits per heavy atom. The van der Waals surface area contributed by atoms with Crippen LogP contribution in [0.25, 0.3) is 0 Å². The average molecular weight is 291 g/mol. The fourth-order valence-electron chi connectivity index (χ4n) is 1.86. The zero-order chi connectivity index (χ0) is 14.8. The van der Waals surface area contributed by atoms with Gasteiger partial charge in [-0.3, -0.25) is 9.71 Å². The summed E-state index contributed by atoms with van der Waals surface area (Å²) in [6.07, 6.45) is 1.56. The summed E-state index contributed by atoms with van der Waals surface area (Å²) in [5.74, 6) is 0. The van der Waals surface area contributed by atoms with E-state index in [9.17, 15) is 8.42 Å². The minimum Gasteiger partial charge on any atom is -0.326 e. The van der Waals surface area contributed by atoms with E-state index in [2.05, 4.69) is 9.71 Å². The monoisotopic (exact) mass is 291 g/mol. The van der Waals surface area contributed by atoms with Crippen molar-refractivity contribution in [3.8, 4) is 0 Å². The highest BCUT2D eigenvalue weighted by Gasteiger charge is 2.15. The van der Waals surface area contributed by atoms with Gasteiger partial charge in [0.1, 0.15) is 0 Å². The van der Waals surface area contributed by atoms with Crippen molar-refractivity contribution in [2.45, 2.75) is 25.3 Å². The second-order valence-corrected chi connectivity index (χ2v) is 6.27. The summed E-state index contributed by atoms with van der Waals surface area (Å²) < 4.78 is 27.2. The van der Waals surface area contributed by atoms with Crippen LogP contribution in [-0.2, 0) is 16.6 Å². The van der Waals surface area contributed by atoms with Crippen LogP contribution in [0.1, 0.15) is 16.8 Å². The molecule has 0 aliphatic heterocycles. The first-order chi connectivity index (χ1) is 9.42. The first kappa shape index (κ1) is 14.5. The smallest absolute Gasteiger partial charge is 0.261 e. The summed E-state index contributed by atoms with van der Waals surface area (Å²) in [7, 11) is -3.61. The molecule has 2 rings (SSSR count). The molecule has 3 N–H and O–H groups in total. The highest BCUT2D eigenvalue weighted by molar-refractivity contribution is 7.92. The first-order valence-electron chi connectivity index (χ1n) is 6.17. The highest BCUT2D eigenvalue weighted by atomic mass is 32.2. The number of rotatable bonds is 4. The zero-order valence-corrected chi connectivity index (χ0v) is 12.2. The molecule has 20 heavy (non-hydrogen) atoms. The number of anilines is 1. The van der Waals surface area contributed by atoms with E-state index >= 15 is 0 Å². The molecule has 0 bridgehead atoms. The minimum absolute atomic E-state index is 0.206. The van der Waals surface area contributed by atoms with E-state index in [4.69, 9.17) is 5.73 Å². The minimum atomic E-state index is -3.61. The number of benzene rings is 1. The molecule has 6 heteroatoms. The van der Waals surface area contributed by atoms with Crippen LogP contribution in [0.5, 0.6) is 0 Å². The summed E-state index contributed by atoms with van der Waals surface area (Å²) in [5.41, 5.74) is 8.65. The molecule has 0 unspecified atom stereocenters. The molecule has 0 aliphatic carbocycles. The maximum Gasteiger partial charge on any atom is 0.261 e. The summed E-state index contributed by atoms with van der Waals surface area (Å²) in [5, 5.41) is 0. The molecule has 0 atom stereocenters. The van der Waals surface area contributed by atoms with Crippen molar-refractivity contribution in [2.24, 2.45) is 5.73 Å². The van der Waals surface area contributed by atoms with Crippen LogP contribution >= 0.6 is 0 Å². The Bertz CT molecular complexity index is 727. The fraction of sp³-hybridized carbons (Fsp3) is 0.214. The van der Waals surface area contributed by atoms with Gasteiger partial charge in [0.2, 0.25) is 0 Å². The molecule has 106 valence electrons. The summed E-state index contributed by atoms with van der Waals surface area (Å²) in [6.45, 7) is 4.01. The number of nitrogens with two attached hydrogens (primary N) is 1. The maximum atomic E-state index is 12.3. The second kappa shape index (κ2) is 5.60. The van der Waals surface area contributed by atoms with E-state index in [-0.39, 0.29) is 4.90 Å². The van der Waals surface area contributed by atoms with Gasteiger partial charge < -0.3 is 5.73 Å². The Hall–Kier alpha value is -1.92. The van der Waals surface area contributed by atoms with Crippen molar-refractivity contribution >= 4 is 15.7 Å². The Labute approximate surface area is 118 Å². The topological polar surface area (TPSA) is 85.1 Å². The van der Waals surface area contributed by atoms with Gasteiger partial charge in [-0.2, -0.15) is 0 Å². The molecule has 0 aliphatic rings. The number of pyridine rings is 1. The fourth-order valence-corrected chi connectivity index (χ4v) is 2.96. The van der Waals surface area contributed by atoms with Crippen LogP contribution < -0.4 is 10.5 Å². The van der Waals surface area contributed by atoms with Gasteiger partial charge in [0.15, 0.2) is 0 Å². The van der Waals surface area contributed by atoms with Crippen LogP contribution in [0.15, 0.2) is 41.4 Å². The Morgan fingerprint density at radius 1 is 1.20 bits per heavy atom. The lowest BCUT2D eigenvalue weighted by Crippen LogP contribution is -2.14. The van der Waals surface area contributed by atoms with Crippen molar-refractivity contribution < 1.29 is 8.42 Å². The van der Waals surface area contributed by atoms with Crippen LogP contribution in [0.3, 0.4) is 0 Å². The maximum absolute atomic E-state index is 12.3. The molecule has 0 saturated heterocycles. The molecule has 1 aromatic heterocycles. The third kappa shape index (κ3) is 3.15. The predicted molar refractivity (Wildman–Crippen MR) is 78.9 cm³/mol. The second-order valence-electron chi connectivity index (χ2n) is 4.58. The number of hydrogen-bond acceptors (Lipinski definition) is 4. The van der Waals surface area contributed by atoms with Crippen molar-refractivity contribution in [3.05, 3.63) is 53.3 Å². The van der Waals surface area contributed by atoms with E-state index < -0.39 is 10.0 Å². The Morgan fingerprint density at radius 3 is 2.60 bits per heavy atom. The summed E-state index contributed by atoms with van der Waals surface area (Å²) >= 11 is 0. The highest BCUT2D eigenvalue weighted by Crippen LogP contribution is 2.19. The Kier molecular flexibility index (Phi) is 4.06. The zero-order valence-electron chi connectivity index (χ0n) is 11.4. The van der Waals surface area contributed by atoms with Crippen LogP contribution in [-0.4, -0.2) is 13.4 Å². The lowest BCUT2D eigenvalue weighted by Gasteiger charge is -2.10. The van der Waals surface area contributed by atoms with Gasteiger partial charge in [-0.25, -0.2) is 8.42 Å². The van der Waals surface area contributed by atoms with Gasteiger partial charge in [0.05, 0.1) is 10.6 Å². The molecular weight excluding hydrogens is 274 g/mol. The molecule has 1 aromatic carbocycles. The lowest BCUT2D eigenvalue weighted by atomic mass is 10.1. The number of aryl methyl sites for hydroxylation is 2. The molecule has 0 amide bonds. The number of aromatic nitrogens is 1. The quantitative estimate of drug-likeness (QED) is 0.901. The van der Waals surface area contributed by atoms with E-state index in [1.165, 1.54) is 0 Å². The van der Waals surface area contributed by atoms with Crippen molar-refractivity contribution in [1.29, 1.82) is 0 Å². The molecule has 5 nitrogen and oxygen atoms in total. The molecule has 0 spiro atoms. The van der Waals surface area contributed by atoms with Gasteiger partial charge in [-0.15, -0.1) is 0 Å². The van der Waals surface area contributed by atoms with Crippen LogP contribution in [0.2, 0.25) is 0 Å². The van der Waals surface area contributed by atoms with Crippen molar-refractivity contribution in [1.82, 2.24) is 4.98 Å². The third-order valence-electron chi connectivity index (χ3n) is 3.00. The number of nitrogens with zero attached hydrogens (tertiary/aromatic N) is 1. The molecule has 0 saturated carbocycles. The predicted octanol–water partition coefficient (Wildman–Crippen LogP) is 1.96. The van der Waals surface area contributed by atoms with Gasteiger partial charge in [0.25, 0.3) is 10.0 Å². The Balaban J connectivity index is 2.35. The first-order valence-corrected chi connectivity index (χ1v) is 7.66. The SMILES string of the molecule is Cc1cc(NS(=O)(=O)c2ccc(C)c(CN)c2)ccn1. The normalized spacial score (nSPS) is 11.3. The van der Waals surface area contributed by atoms with E-state index in [1.54, 1.807) is 43.5 Å². The number of hydrogen-bond donors (Lipinski definition) is 2. The van der Waals surface area contributed by atoms with Gasteiger partial charge in [0, 0.05) is 18.4 Å². The van der Waals surface area contributed by atoms with E-state index in [0.29, 0.717) is 12.2 Å². The van der Waals surface area contributed by atoms with Crippen molar-refractivity contribution in [3.63, 3.8) is 0 Å². The largest absolute Gasteiger partial charge is 0.326 e. The van der Waals surface area contributed by atoms with Gasteiger partial charge >= 0.3 is 0 Å². The van der Waals surface area contributed by atoms with E-state index in [0.717, 1.165) is 16.8 Å². The summed E-state index contributed by atoms with van der Waals surface area (Å²) in [6, 6.07) is 8.23. The molecule has 2 aromatic rings. The summed E-state index contributed by atoms with van der Waals surface area (Å²) in [4.78, 5) is 4.24. The van der Waals surface area contributed by atoms with Gasteiger partial charge in [-0.05, 0) is 49.2 Å². The van der Waals surface area contributed by atoms with E-state index in [1.807, 2.05) is 6.92 Å². The molecule has 0 radical (unpaired) electrons.